The fourth-order valence-electron chi connectivity index (χ4n) is 6.47. The van der Waals surface area contributed by atoms with Crippen LogP contribution in [0.4, 0.5) is 5.13 Å². The minimum absolute atomic E-state index is 0.0817. The summed E-state index contributed by atoms with van der Waals surface area (Å²) >= 11 is 1.57. The van der Waals surface area contributed by atoms with E-state index >= 15 is 0 Å². The summed E-state index contributed by atoms with van der Waals surface area (Å²) in [5.74, 6) is 1.49. The van der Waals surface area contributed by atoms with Gasteiger partial charge in [0.1, 0.15) is 0 Å². The van der Waals surface area contributed by atoms with Crippen molar-refractivity contribution in [2.45, 2.75) is 95.5 Å². The Bertz CT molecular complexity index is 1350. The molecule has 2 fully saturated rings. The van der Waals surface area contributed by atoms with Crippen LogP contribution >= 0.6 is 11.3 Å². The first-order chi connectivity index (χ1) is 18.7. The molecule has 2 saturated carbocycles. The van der Waals surface area contributed by atoms with Gasteiger partial charge in [0, 0.05) is 23.9 Å². The van der Waals surface area contributed by atoms with E-state index in [1.165, 1.54) is 4.88 Å². The van der Waals surface area contributed by atoms with Crippen LogP contribution in [0.15, 0.2) is 23.1 Å². The second-order valence-corrected chi connectivity index (χ2v) is 15.3. The average molecular weight is 569 g/mol. The van der Waals surface area contributed by atoms with Gasteiger partial charge in [0.25, 0.3) is 0 Å². The molecule has 1 aliphatic heterocycles. The van der Waals surface area contributed by atoms with E-state index in [0.717, 1.165) is 74.9 Å². The van der Waals surface area contributed by atoms with E-state index in [1.54, 1.807) is 30.4 Å². The van der Waals surface area contributed by atoms with Crippen LogP contribution in [0.25, 0.3) is 0 Å². The fourth-order valence-corrected chi connectivity index (χ4v) is 8.69. The first-order valence-electron chi connectivity index (χ1n) is 14.5. The Hall–Kier alpha value is -2.28. The third kappa shape index (κ3) is 6.08. The molecule has 0 spiro atoms. The monoisotopic (exact) mass is 568 g/mol. The Labute approximate surface area is 236 Å². The lowest BCUT2D eigenvalue weighted by Gasteiger charge is -2.33. The maximum atomic E-state index is 13.0. The fraction of sp³-hybridized carbons (Fsp3) is 0.633. The SMILES string of the molecule is CCS(=O)(=O)c1ccc(CC(=O)Nc2nc3c(s2)CN(C[C@H]2CC[C@H](C#N)CC2)[C@H]3C(C)C)cc1C1CCC1. The zero-order chi connectivity index (χ0) is 27.7. The Morgan fingerprint density at radius 1 is 1.21 bits per heavy atom. The van der Waals surface area contributed by atoms with Crippen molar-refractivity contribution in [1.29, 1.82) is 5.26 Å². The van der Waals surface area contributed by atoms with Crippen LogP contribution in [0.1, 0.15) is 99.4 Å². The molecule has 7 nitrogen and oxygen atoms in total. The molecular weight excluding hydrogens is 528 g/mol. The number of carbonyl (C=O) groups is 1. The van der Waals surface area contributed by atoms with Crippen molar-refractivity contribution in [3.63, 3.8) is 0 Å². The molecule has 1 N–H and O–H groups in total. The van der Waals surface area contributed by atoms with E-state index in [0.29, 0.717) is 21.9 Å². The van der Waals surface area contributed by atoms with Gasteiger partial charge >= 0.3 is 0 Å². The van der Waals surface area contributed by atoms with Gasteiger partial charge in [-0.15, -0.1) is 11.3 Å². The van der Waals surface area contributed by atoms with Crippen molar-refractivity contribution in [3.05, 3.63) is 39.9 Å². The molecule has 9 heteroatoms. The number of nitriles is 1. The van der Waals surface area contributed by atoms with E-state index < -0.39 is 9.84 Å². The van der Waals surface area contributed by atoms with Crippen molar-refractivity contribution >= 4 is 32.2 Å². The molecule has 1 atom stereocenters. The van der Waals surface area contributed by atoms with Crippen LogP contribution < -0.4 is 5.32 Å². The highest BCUT2D eigenvalue weighted by Crippen LogP contribution is 2.44. The summed E-state index contributed by atoms with van der Waals surface area (Å²) in [5.41, 5.74) is 2.81. The third-order valence-electron chi connectivity index (χ3n) is 8.85. The van der Waals surface area contributed by atoms with Crippen LogP contribution in [0, 0.1) is 29.1 Å². The van der Waals surface area contributed by atoms with Gasteiger partial charge in [-0.05, 0) is 73.5 Å². The lowest BCUT2D eigenvalue weighted by Crippen LogP contribution is -2.33. The normalized spacial score (nSPS) is 23.8. The number of thiazole rings is 1. The van der Waals surface area contributed by atoms with Crippen molar-refractivity contribution < 1.29 is 13.2 Å². The standard InChI is InChI=1S/C30H40N4O3S2/c1-4-39(36,37)26-13-12-22(14-24(26)23-6-5-7-23)15-27(35)32-30-33-28-25(38-30)18-34(29(28)19(2)3)17-21-10-8-20(16-31)9-11-21/h12-14,19-21,23,29H,4-11,15,17-18H2,1-3H3,(H,32,33,35)/t20-,21-,29-/m0/s1. The van der Waals surface area contributed by atoms with E-state index in [1.807, 2.05) is 6.07 Å². The highest BCUT2D eigenvalue weighted by Gasteiger charge is 2.37. The first kappa shape index (κ1) is 28.3. The van der Waals surface area contributed by atoms with Crippen molar-refractivity contribution in [1.82, 2.24) is 9.88 Å². The molecule has 0 unspecified atom stereocenters. The number of hydrogen-bond donors (Lipinski definition) is 1. The second kappa shape index (κ2) is 11.7. The predicted octanol–water partition coefficient (Wildman–Crippen LogP) is 6.23. The van der Waals surface area contributed by atoms with Crippen LogP contribution in [0.5, 0.6) is 0 Å². The molecule has 0 saturated heterocycles. The zero-order valence-corrected chi connectivity index (χ0v) is 24.9. The maximum Gasteiger partial charge on any atom is 0.230 e. The summed E-state index contributed by atoms with van der Waals surface area (Å²) in [6.45, 7) is 8.05. The second-order valence-electron chi connectivity index (χ2n) is 11.9. The molecule has 1 amide bonds. The number of rotatable bonds is 9. The number of carbonyl (C=O) groups excluding carboxylic acids is 1. The highest BCUT2D eigenvalue weighted by atomic mass is 32.2. The van der Waals surface area contributed by atoms with Gasteiger partial charge in [-0.2, -0.15) is 5.26 Å². The van der Waals surface area contributed by atoms with Gasteiger partial charge in [0.15, 0.2) is 15.0 Å². The molecule has 1 aromatic carbocycles. The summed E-state index contributed by atoms with van der Waals surface area (Å²) in [6.07, 6.45) is 7.58. The molecule has 39 heavy (non-hydrogen) atoms. The summed E-state index contributed by atoms with van der Waals surface area (Å²) < 4.78 is 25.3. The Morgan fingerprint density at radius 2 is 1.95 bits per heavy atom. The van der Waals surface area contributed by atoms with E-state index in [9.17, 15) is 18.5 Å². The van der Waals surface area contributed by atoms with Crippen LogP contribution in [0.3, 0.4) is 0 Å². The van der Waals surface area contributed by atoms with E-state index in [2.05, 4.69) is 30.1 Å². The van der Waals surface area contributed by atoms with E-state index in [-0.39, 0.29) is 36.0 Å². The third-order valence-corrected chi connectivity index (χ3v) is 11.6. The molecule has 1 aromatic heterocycles. The number of hydrogen-bond acceptors (Lipinski definition) is 7. The molecule has 3 aliphatic rings. The minimum Gasteiger partial charge on any atom is -0.302 e. The molecule has 5 rings (SSSR count). The van der Waals surface area contributed by atoms with Crippen LogP contribution in [0.2, 0.25) is 0 Å². The summed E-state index contributed by atoms with van der Waals surface area (Å²) in [6, 6.07) is 8.09. The molecule has 2 aromatic rings. The van der Waals surface area contributed by atoms with Gasteiger partial charge in [0.2, 0.25) is 5.91 Å². The summed E-state index contributed by atoms with van der Waals surface area (Å²) in [4.78, 5) is 22.1. The lowest BCUT2D eigenvalue weighted by molar-refractivity contribution is -0.115. The van der Waals surface area contributed by atoms with Gasteiger partial charge in [-0.25, -0.2) is 13.4 Å². The Morgan fingerprint density at radius 3 is 2.56 bits per heavy atom. The van der Waals surface area contributed by atoms with Gasteiger partial charge in [-0.3, -0.25) is 9.69 Å². The molecule has 210 valence electrons. The molecule has 0 bridgehead atoms. The number of fused-ring (bicyclic) bond motifs is 1. The average Bonchev–Trinajstić information content (AvgIpc) is 3.39. The van der Waals surface area contributed by atoms with Crippen molar-refractivity contribution in [2.75, 3.05) is 17.6 Å². The van der Waals surface area contributed by atoms with Crippen molar-refractivity contribution in [2.24, 2.45) is 17.8 Å². The number of benzene rings is 1. The van der Waals surface area contributed by atoms with Gasteiger partial charge < -0.3 is 5.32 Å². The lowest BCUT2D eigenvalue weighted by atomic mass is 9.79. The topological polar surface area (TPSA) is 103 Å². The van der Waals surface area contributed by atoms with Gasteiger partial charge in [-0.1, -0.05) is 39.3 Å². The number of amides is 1. The minimum atomic E-state index is -3.30. The van der Waals surface area contributed by atoms with E-state index in [4.69, 9.17) is 4.98 Å². The molecule has 2 aliphatic carbocycles. The van der Waals surface area contributed by atoms with Gasteiger partial charge in [0.05, 0.1) is 34.9 Å². The molecular formula is C30H40N4O3S2. The van der Waals surface area contributed by atoms with Crippen molar-refractivity contribution in [3.8, 4) is 6.07 Å². The number of nitrogens with one attached hydrogen (secondary N) is 1. The summed E-state index contributed by atoms with van der Waals surface area (Å²) in [5, 5.41) is 12.9. The zero-order valence-electron chi connectivity index (χ0n) is 23.3. The number of nitrogens with zero attached hydrogens (tertiary/aromatic N) is 3. The Balaban J connectivity index is 1.24. The van der Waals surface area contributed by atoms with Crippen LogP contribution in [-0.4, -0.2) is 36.5 Å². The number of anilines is 1. The number of sulfone groups is 1. The highest BCUT2D eigenvalue weighted by molar-refractivity contribution is 7.91. The summed E-state index contributed by atoms with van der Waals surface area (Å²) in [7, 11) is -3.30. The Kier molecular flexibility index (Phi) is 8.46. The molecule has 2 heterocycles. The predicted molar refractivity (Wildman–Crippen MR) is 154 cm³/mol. The maximum absolute atomic E-state index is 13.0. The first-order valence-corrected chi connectivity index (χ1v) is 16.9. The van der Waals surface area contributed by atoms with Crippen LogP contribution in [-0.2, 0) is 27.6 Å². The smallest absolute Gasteiger partial charge is 0.230 e. The number of aromatic nitrogens is 1. The quantitative estimate of drug-likeness (QED) is 0.385. The molecule has 0 radical (unpaired) electrons. The largest absolute Gasteiger partial charge is 0.302 e.